The summed E-state index contributed by atoms with van der Waals surface area (Å²) in [5.74, 6) is 1.69. The molecule has 0 amide bonds. The lowest BCUT2D eigenvalue weighted by Crippen LogP contribution is -2.14. The molecule has 0 saturated heterocycles. The Balaban J connectivity index is 2.01. The van der Waals surface area contributed by atoms with Crippen LogP contribution in [0.5, 0.6) is 0 Å². The van der Waals surface area contributed by atoms with Gasteiger partial charge in [-0.25, -0.2) is 4.98 Å². The molecule has 1 aromatic carbocycles. The fourth-order valence-corrected chi connectivity index (χ4v) is 2.00. The summed E-state index contributed by atoms with van der Waals surface area (Å²) in [6.07, 6.45) is 3.77. The molecule has 0 atom stereocenters. The van der Waals surface area contributed by atoms with Gasteiger partial charge in [-0.05, 0) is 50.6 Å². The molecule has 0 radical (unpaired) electrons. The third-order valence-electron chi connectivity index (χ3n) is 3.34. The monoisotopic (exact) mass is 258 g/mol. The highest BCUT2D eigenvalue weighted by atomic mass is 16.4. The highest BCUT2D eigenvalue weighted by Crippen LogP contribution is 2.23. The van der Waals surface area contributed by atoms with Crippen LogP contribution >= 0.6 is 0 Å². The molecule has 102 valence electrons. The van der Waals surface area contributed by atoms with Crippen molar-refractivity contribution in [1.29, 1.82) is 0 Å². The lowest BCUT2D eigenvalue weighted by Gasteiger charge is -2.02. The smallest absolute Gasteiger partial charge is 0.194 e. The molecule has 0 saturated carbocycles. The second-order valence-electron chi connectivity index (χ2n) is 4.87. The number of hydrogen-bond donors (Lipinski definition) is 1. The van der Waals surface area contributed by atoms with E-state index in [-0.39, 0.29) is 0 Å². The summed E-state index contributed by atoms with van der Waals surface area (Å²) in [4.78, 5) is 4.35. The number of nitrogens with one attached hydrogen (secondary N) is 1. The van der Waals surface area contributed by atoms with Crippen molar-refractivity contribution in [1.82, 2.24) is 10.3 Å². The third-order valence-corrected chi connectivity index (χ3v) is 3.34. The Morgan fingerprint density at radius 2 is 2.05 bits per heavy atom. The quantitative estimate of drug-likeness (QED) is 0.806. The van der Waals surface area contributed by atoms with E-state index < -0.39 is 0 Å². The average Bonchev–Trinajstić information content (AvgIpc) is 2.87. The molecule has 0 spiro atoms. The van der Waals surface area contributed by atoms with Crippen LogP contribution in [0.2, 0.25) is 0 Å². The molecular formula is C16H22N2O. The van der Waals surface area contributed by atoms with Crippen LogP contribution in [0.3, 0.4) is 0 Å². The predicted octanol–water partition coefficient (Wildman–Crippen LogP) is 3.50. The summed E-state index contributed by atoms with van der Waals surface area (Å²) in [7, 11) is 0. The molecule has 1 N–H and O–H groups in total. The normalized spacial score (nSPS) is 10.9. The van der Waals surface area contributed by atoms with Gasteiger partial charge in [-0.1, -0.05) is 19.1 Å². The van der Waals surface area contributed by atoms with E-state index in [1.165, 1.54) is 11.1 Å². The van der Waals surface area contributed by atoms with Crippen LogP contribution < -0.4 is 5.32 Å². The molecule has 0 fully saturated rings. The van der Waals surface area contributed by atoms with Gasteiger partial charge >= 0.3 is 0 Å². The second-order valence-corrected chi connectivity index (χ2v) is 4.87. The van der Waals surface area contributed by atoms with Crippen molar-refractivity contribution in [3.63, 3.8) is 0 Å². The molecule has 0 unspecified atom stereocenters. The number of oxazole rings is 1. The first-order chi connectivity index (χ1) is 9.20. The van der Waals surface area contributed by atoms with Gasteiger partial charge < -0.3 is 9.73 Å². The highest BCUT2D eigenvalue weighted by molar-refractivity contribution is 5.58. The topological polar surface area (TPSA) is 38.1 Å². The molecule has 1 aromatic heterocycles. The maximum atomic E-state index is 5.81. The maximum Gasteiger partial charge on any atom is 0.194 e. The van der Waals surface area contributed by atoms with Crippen molar-refractivity contribution in [2.45, 2.75) is 33.6 Å². The van der Waals surface area contributed by atoms with Crippen LogP contribution in [-0.4, -0.2) is 18.1 Å². The van der Waals surface area contributed by atoms with Crippen LogP contribution in [0.4, 0.5) is 0 Å². The van der Waals surface area contributed by atoms with Crippen LogP contribution in [0.1, 0.15) is 30.4 Å². The molecule has 0 aliphatic rings. The summed E-state index contributed by atoms with van der Waals surface area (Å²) in [5, 5.41) is 3.30. The molecule has 2 rings (SSSR count). The Kier molecular flexibility index (Phi) is 4.74. The van der Waals surface area contributed by atoms with Crippen molar-refractivity contribution in [2.24, 2.45) is 0 Å². The van der Waals surface area contributed by atoms with Crippen LogP contribution in [0.25, 0.3) is 11.3 Å². The Morgan fingerprint density at radius 1 is 1.21 bits per heavy atom. The van der Waals surface area contributed by atoms with E-state index >= 15 is 0 Å². The van der Waals surface area contributed by atoms with Crippen molar-refractivity contribution in [2.75, 3.05) is 13.1 Å². The van der Waals surface area contributed by atoms with Gasteiger partial charge in [-0.3, -0.25) is 0 Å². The van der Waals surface area contributed by atoms with Crippen molar-refractivity contribution >= 4 is 0 Å². The number of hydrogen-bond acceptors (Lipinski definition) is 3. The first-order valence-corrected chi connectivity index (χ1v) is 6.93. The van der Waals surface area contributed by atoms with Crippen molar-refractivity contribution < 1.29 is 4.42 Å². The lowest BCUT2D eigenvalue weighted by molar-refractivity contribution is 0.493. The summed E-state index contributed by atoms with van der Waals surface area (Å²) in [6, 6.07) is 6.36. The van der Waals surface area contributed by atoms with Gasteiger partial charge in [-0.15, -0.1) is 0 Å². The van der Waals surface area contributed by atoms with E-state index in [9.17, 15) is 0 Å². The summed E-state index contributed by atoms with van der Waals surface area (Å²) in [6.45, 7) is 8.37. The van der Waals surface area contributed by atoms with Gasteiger partial charge in [0, 0.05) is 12.0 Å². The maximum absolute atomic E-state index is 5.81. The van der Waals surface area contributed by atoms with E-state index in [0.717, 1.165) is 43.1 Å². The summed E-state index contributed by atoms with van der Waals surface area (Å²) >= 11 is 0. The van der Waals surface area contributed by atoms with E-state index in [1.807, 2.05) is 6.20 Å². The molecule has 3 nitrogen and oxygen atoms in total. The number of benzene rings is 1. The first kappa shape index (κ1) is 13.8. The van der Waals surface area contributed by atoms with Gasteiger partial charge in [0.15, 0.2) is 11.7 Å². The number of aromatic nitrogens is 1. The van der Waals surface area contributed by atoms with E-state index in [2.05, 4.69) is 49.3 Å². The lowest BCUT2D eigenvalue weighted by atomic mass is 10.1. The summed E-state index contributed by atoms with van der Waals surface area (Å²) < 4.78 is 5.81. The third kappa shape index (κ3) is 3.67. The minimum Gasteiger partial charge on any atom is -0.441 e. The van der Waals surface area contributed by atoms with E-state index in [4.69, 9.17) is 4.42 Å². The fourth-order valence-electron chi connectivity index (χ4n) is 2.00. The first-order valence-electron chi connectivity index (χ1n) is 6.93. The van der Waals surface area contributed by atoms with Crippen molar-refractivity contribution in [3.8, 4) is 11.3 Å². The Bertz CT molecular complexity index is 531. The zero-order chi connectivity index (χ0) is 13.7. The molecular weight excluding hydrogens is 236 g/mol. The highest BCUT2D eigenvalue weighted by Gasteiger charge is 2.07. The van der Waals surface area contributed by atoms with Crippen LogP contribution in [-0.2, 0) is 6.42 Å². The zero-order valence-corrected chi connectivity index (χ0v) is 12.0. The molecule has 1 heterocycles. The molecule has 2 aromatic rings. The van der Waals surface area contributed by atoms with Crippen molar-refractivity contribution in [3.05, 3.63) is 41.4 Å². The van der Waals surface area contributed by atoms with Gasteiger partial charge in [0.2, 0.25) is 0 Å². The minimum absolute atomic E-state index is 0.825. The van der Waals surface area contributed by atoms with Gasteiger partial charge in [0.25, 0.3) is 0 Å². The Labute approximate surface area is 115 Å². The fraction of sp³-hybridized carbons (Fsp3) is 0.438. The largest absolute Gasteiger partial charge is 0.441 e. The Hall–Kier alpha value is -1.61. The standard InChI is InChI=1S/C16H22N2O/c1-4-17-9-5-6-16-18-11-15(19-16)14-8-7-12(2)13(3)10-14/h7-8,10-11,17H,4-6,9H2,1-3H3. The van der Waals surface area contributed by atoms with Gasteiger partial charge in [0.05, 0.1) is 6.20 Å². The van der Waals surface area contributed by atoms with Crippen LogP contribution in [0, 0.1) is 13.8 Å². The van der Waals surface area contributed by atoms with Gasteiger partial charge in [0.1, 0.15) is 0 Å². The minimum atomic E-state index is 0.825. The molecule has 19 heavy (non-hydrogen) atoms. The Morgan fingerprint density at radius 3 is 2.79 bits per heavy atom. The second kappa shape index (κ2) is 6.53. The predicted molar refractivity (Wildman–Crippen MR) is 78.3 cm³/mol. The number of rotatable bonds is 6. The SMILES string of the molecule is CCNCCCc1ncc(-c2ccc(C)c(C)c2)o1. The summed E-state index contributed by atoms with van der Waals surface area (Å²) in [5.41, 5.74) is 3.69. The zero-order valence-electron chi connectivity index (χ0n) is 12.0. The van der Waals surface area contributed by atoms with Crippen LogP contribution in [0.15, 0.2) is 28.8 Å². The molecule has 0 aliphatic carbocycles. The van der Waals surface area contributed by atoms with E-state index in [1.54, 1.807) is 0 Å². The molecule has 0 bridgehead atoms. The molecule has 3 heteroatoms. The number of aryl methyl sites for hydroxylation is 3. The molecule has 0 aliphatic heterocycles. The van der Waals surface area contributed by atoms with Gasteiger partial charge in [-0.2, -0.15) is 0 Å². The number of nitrogens with zero attached hydrogens (tertiary/aromatic N) is 1. The van der Waals surface area contributed by atoms with E-state index in [0.29, 0.717) is 0 Å². The average molecular weight is 258 g/mol.